The molecule has 0 spiro atoms. The summed E-state index contributed by atoms with van der Waals surface area (Å²) < 4.78 is 16.2. The summed E-state index contributed by atoms with van der Waals surface area (Å²) in [5.41, 5.74) is 2.94. The van der Waals surface area contributed by atoms with E-state index in [1.165, 1.54) is 0 Å². The minimum Gasteiger partial charge on any atom is -0.495 e. The Kier molecular flexibility index (Phi) is 10.0. The van der Waals surface area contributed by atoms with E-state index in [0.29, 0.717) is 36.6 Å². The monoisotopic (exact) mass is 532 g/mol. The molecule has 1 saturated heterocycles. The van der Waals surface area contributed by atoms with E-state index < -0.39 is 0 Å². The van der Waals surface area contributed by atoms with Gasteiger partial charge in [-0.1, -0.05) is 30.3 Å². The van der Waals surface area contributed by atoms with E-state index in [4.69, 9.17) is 14.2 Å². The number of benzene rings is 3. The number of methoxy groups -OCH3 is 2. The lowest BCUT2D eigenvalue weighted by molar-refractivity contribution is -0.118. The van der Waals surface area contributed by atoms with Gasteiger partial charge in [0.1, 0.15) is 11.5 Å². The summed E-state index contributed by atoms with van der Waals surface area (Å²) in [7, 11) is 3.32. The number of para-hydroxylation sites is 3. The highest BCUT2D eigenvalue weighted by Crippen LogP contribution is 2.31. The van der Waals surface area contributed by atoms with Crippen LogP contribution in [0.5, 0.6) is 11.5 Å². The number of rotatable bonds is 12. The number of ether oxygens (including phenoxy) is 3. The molecule has 9 nitrogen and oxygen atoms in total. The first-order chi connectivity index (χ1) is 19.1. The molecule has 4 rings (SSSR count). The molecule has 3 aromatic rings. The van der Waals surface area contributed by atoms with Crippen molar-refractivity contribution in [2.75, 3.05) is 75.3 Å². The smallest absolute Gasteiger partial charge is 0.262 e. The van der Waals surface area contributed by atoms with E-state index in [1.807, 2.05) is 48.5 Å². The lowest BCUT2D eigenvalue weighted by Gasteiger charge is -2.38. The normalized spacial score (nSPS) is 13.1. The van der Waals surface area contributed by atoms with Crippen molar-refractivity contribution < 1.29 is 23.8 Å². The van der Waals surface area contributed by atoms with E-state index in [-0.39, 0.29) is 18.4 Å². The number of carbonyl (C=O) groups excluding carboxylic acids is 2. The third kappa shape index (κ3) is 7.64. The average molecular weight is 533 g/mol. The highest BCUT2D eigenvalue weighted by atomic mass is 16.5. The maximum atomic E-state index is 13.2. The second-order valence-electron chi connectivity index (χ2n) is 9.13. The molecule has 3 aromatic carbocycles. The molecule has 0 atom stereocenters. The summed E-state index contributed by atoms with van der Waals surface area (Å²) in [5.74, 6) is 0.971. The van der Waals surface area contributed by atoms with Crippen LogP contribution in [0.25, 0.3) is 0 Å². The van der Waals surface area contributed by atoms with Crippen LogP contribution in [0, 0.1) is 0 Å². The lowest BCUT2D eigenvalue weighted by Crippen LogP contribution is -2.47. The molecular weight excluding hydrogens is 496 g/mol. The van der Waals surface area contributed by atoms with Crippen LogP contribution >= 0.6 is 0 Å². The van der Waals surface area contributed by atoms with Gasteiger partial charge in [0.2, 0.25) is 0 Å². The van der Waals surface area contributed by atoms with Gasteiger partial charge in [-0.2, -0.15) is 0 Å². The van der Waals surface area contributed by atoms with Crippen molar-refractivity contribution in [3.8, 4) is 11.5 Å². The molecule has 0 aromatic heterocycles. The number of nitrogens with one attached hydrogen (secondary N) is 2. The van der Waals surface area contributed by atoms with Crippen LogP contribution in [-0.2, 0) is 9.53 Å². The van der Waals surface area contributed by atoms with Crippen molar-refractivity contribution in [1.82, 2.24) is 5.32 Å². The van der Waals surface area contributed by atoms with E-state index in [2.05, 4.69) is 26.5 Å². The average Bonchev–Trinajstić information content (AvgIpc) is 2.99. The van der Waals surface area contributed by atoms with Gasteiger partial charge in [-0.3, -0.25) is 9.59 Å². The predicted molar refractivity (Wildman–Crippen MR) is 153 cm³/mol. The highest BCUT2D eigenvalue weighted by molar-refractivity contribution is 6.02. The maximum absolute atomic E-state index is 13.2. The standard InChI is InChI=1S/C30H36N4O5/c1-37-20-8-15-31-30(36)25-21-23(32-29(35)22-39-24-9-4-3-5-10-24)13-14-26(25)33-16-18-34(19-17-33)27-11-6-7-12-28(27)38-2/h3-7,9-14,21H,8,15-20,22H2,1-2H3,(H,31,36)(H,32,35). The largest absolute Gasteiger partial charge is 0.495 e. The number of nitrogens with zero attached hydrogens (tertiary/aromatic N) is 2. The van der Waals surface area contributed by atoms with E-state index >= 15 is 0 Å². The Morgan fingerprint density at radius 1 is 0.846 bits per heavy atom. The molecule has 0 bridgehead atoms. The second kappa shape index (κ2) is 14.1. The van der Waals surface area contributed by atoms with Gasteiger partial charge in [-0.05, 0) is 48.9 Å². The summed E-state index contributed by atoms with van der Waals surface area (Å²) in [6.45, 7) is 3.96. The van der Waals surface area contributed by atoms with E-state index in [1.54, 1.807) is 32.4 Å². The van der Waals surface area contributed by atoms with E-state index in [9.17, 15) is 9.59 Å². The molecule has 2 amide bonds. The highest BCUT2D eigenvalue weighted by Gasteiger charge is 2.24. The zero-order valence-corrected chi connectivity index (χ0v) is 22.5. The van der Waals surface area contributed by atoms with Gasteiger partial charge in [-0.15, -0.1) is 0 Å². The lowest BCUT2D eigenvalue weighted by atomic mass is 10.1. The van der Waals surface area contributed by atoms with Gasteiger partial charge in [-0.25, -0.2) is 0 Å². The van der Waals surface area contributed by atoms with Crippen LogP contribution < -0.4 is 29.9 Å². The Morgan fingerprint density at radius 2 is 1.54 bits per heavy atom. The molecule has 0 aliphatic carbocycles. The van der Waals surface area contributed by atoms with Crippen LogP contribution in [0.2, 0.25) is 0 Å². The molecule has 9 heteroatoms. The fourth-order valence-corrected chi connectivity index (χ4v) is 4.53. The summed E-state index contributed by atoms with van der Waals surface area (Å²) in [5, 5.41) is 5.83. The zero-order chi connectivity index (χ0) is 27.5. The van der Waals surface area contributed by atoms with Crippen LogP contribution in [0.15, 0.2) is 72.8 Å². The van der Waals surface area contributed by atoms with Crippen LogP contribution in [0.4, 0.5) is 17.1 Å². The summed E-state index contributed by atoms with van der Waals surface area (Å²) in [6.07, 6.45) is 0.711. The molecule has 39 heavy (non-hydrogen) atoms. The first kappa shape index (κ1) is 27.8. The van der Waals surface area contributed by atoms with Crippen molar-refractivity contribution in [2.45, 2.75) is 6.42 Å². The topological polar surface area (TPSA) is 92.4 Å². The van der Waals surface area contributed by atoms with Gasteiger partial charge in [0, 0.05) is 57.8 Å². The fraction of sp³-hybridized carbons (Fsp3) is 0.333. The Balaban J connectivity index is 1.46. The van der Waals surface area contributed by atoms with Crippen molar-refractivity contribution >= 4 is 28.9 Å². The number of anilines is 3. The second-order valence-corrected chi connectivity index (χ2v) is 9.13. The van der Waals surface area contributed by atoms with Gasteiger partial charge >= 0.3 is 0 Å². The van der Waals surface area contributed by atoms with Gasteiger partial charge in [0.15, 0.2) is 6.61 Å². The molecule has 206 valence electrons. The van der Waals surface area contributed by atoms with Crippen LogP contribution in [0.3, 0.4) is 0 Å². The van der Waals surface area contributed by atoms with Crippen LogP contribution in [0.1, 0.15) is 16.8 Å². The number of piperazine rings is 1. The fourth-order valence-electron chi connectivity index (χ4n) is 4.53. The van der Waals surface area contributed by atoms with Crippen LogP contribution in [-0.4, -0.2) is 72.0 Å². The van der Waals surface area contributed by atoms with E-state index in [0.717, 1.165) is 43.3 Å². The molecule has 1 fully saturated rings. The molecule has 0 radical (unpaired) electrons. The molecule has 1 aliphatic heterocycles. The molecular formula is C30H36N4O5. The molecule has 0 saturated carbocycles. The molecule has 0 unspecified atom stereocenters. The maximum Gasteiger partial charge on any atom is 0.262 e. The van der Waals surface area contributed by atoms with Crippen molar-refractivity contribution in [3.05, 3.63) is 78.4 Å². The summed E-state index contributed by atoms with van der Waals surface area (Å²) >= 11 is 0. The minimum absolute atomic E-state index is 0.130. The molecule has 1 aliphatic rings. The number of amides is 2. The van der Waals surface area contributed by atoms with Gasteiger partial charge < -0.3 is 34.6 Å². The van der Waals surface area contributed by atoms with Crippen molar-refractivity contribution in [3.63, 3.8) is 0 Å². The summed E-state index contributed by atoms with van der Waals surface area (Å²) in [6, 6.07) is 22.6. The van der Waals surface area contributed by atoms with Crippen molar-refractivity contribution in [1.29, 1.82) is 0 Å². The minimum atomic E-state index is -0.302. The third-order valence-corrected chi connectivity index (χ3v) is 6.50. The third-order valence-electron chi connectivity index (χ3n) is 6.50. The number of hydrogen-bond acceptors (Lipinski definition) is 7. The van der Waals surface area contributed by atoms with Crippen molar-refractivity contribution in [2.24, 2.45) is 0 Å². The van der Waals surface area contributed by atoms with Gasteiger partial charge in [0.05, 0.1) is 18.4 Å². The SMILES string of the molecule is COCCCNC(=O)c1cc(NC(=O)COc2ccccc2)ccc1N1CCN(c2ccccc2OC)CC1. The van der Waals surface area contributed by atoms with Gasteiger partial charge in [0.25, 0.3) is 11.8 Å². The zero-order valence-electron chi connectivity index (χ0n) is 22.5. The summed E-state index contributed by atoms with van der Waals surface area (Å²) in [4.78, 5) is 30.3. The first-order valence-corrected chi connectivity index (χ1v) is 13.1. The Morgan fingerprint density at radius 3 is 2.26 bits per heavy atom. The Hall–Kier alpha value is -4.24. The number of hydrogen-bond donors (Lipinski definition) is 2. The predicted octanol–water partition coefficient (Wildman–Crippen LogP) is 3.81. The Bertz CT molecular complexity index is 1230. The first-order valence-electron chi connectivity index (χ1n) is 13.1. The number of carbonyl (C=O) groups is 2. The molecule has 2 N–H and O–H groups in total. The quantitative estimate of drug-likeness (QED) is 0.343. The molecule has 1 heterocycles. The Labute approximate surface area is 229 Å².